The maximum Gasteiger partial charge on any atom is 0.112 e. The van der Waals surface area contributed by atoms with Crippen LogP contribution in [0.1, 0.15) is 5.01 Å². The predicted octanol–water partition coefficient (Wildman–Crippen LogP) is 4.45. The monoisotopic (exact) mass is 282 g/mol. The summed E-state index contributed by atoms with van der Waals surface area (Å²) in [6, 6.07) is 5.69. The molecule has 17 heavy (non-hydrogen) atoms. The zero-order chi connectivity index (χ0) is 11.8. The number of fused-ring (bicyclic) bond motifs is 1. The number of halogens is 2. The molecule has 5 heteroatoms. The molecule has 3 rings (SSSR count). The first kappa shape index (κ1) is 11.1. The Morgan fingerprint density at radius 1 is 1.29 bits per heavy atom. The summed E-state index contributed by atoms with van der Waals surface area (Å²) >= 11 is 13.8. The van der Waals surface area contributed by atoms with E-state index in [0.29, 0.717) is 10.0 Å². The molecule has 0 unspecified atom stereocenters. The van der Waals surface area contributed by atoms with E-state index in [1.54, 1.807) is 17.4 Å². The number of rotatable bonds is 2. The van der Waals surface area contributed by atoms with Crippen LogP contribution in [0.15, 0.2) is 36.0 Å². The quantitative estimate of drug-likeness (QED) is 0.679. The Bertz CT molecular complexity index is 659. The lowest BCUT2D eigenvalue weighted by Crippen LogP contribution is -1.96. The molecule has 0 fully saturated rings. The minimum Gasteiger partial charge on any atom is -0.341 e. The number of nitrogens with zero attached hydrogens (tertiary/aromatic N) is 2. The number of benzene rings is 1. The summed E-state index contributed by atoms with van der Waals surface area (Å²) in [5.74, 6) is 0. The summed E-state index contributed by atoms with van der Waals surface area (Å²) in [5.41, 5.74) is 1.04. The molecule has 0 N–H and O–H groups in total. The zero-order valence-electron chi connectivity index (χ0n) is 8.73. The zero-order valence-corrected chi connectivity index (χ0v) is 11.1. The predicted molar refractivity (Wildman–Crippen MR) is 73.2 cm³/mol. The molecule has 0 aliphatic carbocycles. The molecule has 2 heterocycles. The van der Waals surface area contributed by atoms with Crippen LogP contribution in [-0.4, -0.2) is 9.55 Å². The highest BCUT2D eigenvalue weighted by molar-refractivity contribution is 7.09. The van der Waals surface area contributed by atoms with Crippen LogP contribution in [0.5, 0.6) is 0 Å². The van der Waals surface area contributed by atoms with Crippen LogP contribution in [-0.2, 0) is 6.54 Å². The second-order valence-electron chi connectivity index (χ2n) is 3.69. The fourth-order valence-corrected chi connectivity index (χ4v) is 2.99. The van der Waals surface area contributed by atoms with Gasteiger partial charge in [-0.1, -0.05) is 23.2 Å². The van der Waals surface area contributed by atoms with Crippen LogP contribution in [0.2, 0.25) is 10.0 Å². The van der Waals surface area contributed by atoms with Crippen molar-refractivity contribution in [1.82, 2.24) is 9.55 Å². The van der Waals surface area contributed by atoms with Gasteiger partial charge in [0.2, 0.25) is 0 Å². The number of thiazole rings is 1. The van der Waals surface area contributed by atoms with E-state index in [1.807, 2.05) is 29.9 Å². The number of hydrogen-bond donors (Lipinski definition) is 0. The smallest absolute Gasteiger partial charge is 0.112 e. The molecule has 1 aromatic carbocycles. The highest BCUT2D eigenvalue weighted by atomic mass is 35.5. The second kappa shape index (κ2) is 4.33. The van der Waals surface area contributed by atoms with Crippen molar-refractivity contribution in [3.63, 3.8) is 0 Å². The van der Waals surface area contributed by atoms with Crippen LogP contribution in [0.25, 0.3) is 10.9 Å². The molecule has 0 aliphatic rings. The van der Waals surface area contributed by atoms with Gasteiger partial charge in [-0.15, -0.1) is 11.3 Å². The SMILES string of the molecule is Clc1cc(Cl)c2ccn(Cc3nccs3)c2c1. The molecule has 0 aliphatic heterocycles. The molecule has 0 saturated carbocycles. The molecule has 0 bridgehead atoms. The van der Waals surface area contributed by atoms with Gasteiger partial charge in [0.15, 0.2) is 0 Å². The van der Waals surface area contributed by atoms with Crippen molar-refractivity contribution in [3.05, 3.63) is 51.0 Å². The maximum absolute atomic E-state index is 6.15. The molecule has 0 saturated heterocycles. The maximum atomic E-state index is 6.15. The Balaban J connectivity index is 2.11. The molecule has 0 atom stereocenters. The summed E-state index contributed by atoms with van der Waals surface area (Å²) in [6.45, 7) is 0.748. The first-order valence-corrected chi connectivity index (χ1v) is 6.70. The van der Waals surface area contributed by atoms with Crippen molar-refractivity contribution in [2.75, 3.05) is 0 Å². The normalized spacial score (nSPS) is 11.2. The Hall–Kier alpha value is -1.03. The minimum absolute atomic E-state index is 0.654. The average Bonchev–Trinajstić information content (AvgIpc) is 2.89. The highest BCUT2D eigenvalue weighted by Gasteiger charge is 2.07. The van der Waals surface area contributed by atoms with E-state index in [0.717, 1.165) is 22.5 Å². The third-order valence-corrected chi connectivity index (χ3v) is 3.89. The Morgan fingerprint density at radius 3 is 2.94 bits per heavy atom. The second-order valence-corrected chi connectivity index (χ2v) is 5.51. The summed E-state index contributed by atoms with van der Waals surface area (Å²) in [7, 11) is 0. The number of hydrogen-bond acceptors (Lipinski definition) is 2. The van der Waals surface area contributed by atoms with Gasteiger partial charge in [0.05, 0.1) is 17.1 Å². The standard InChI is InChI=1S/C12H8Cl2N2S/c13-8-5-10(14)9-1-3-16(11(9)6-8)7-12-15-2-4-17-12/h1-6H,7H2. The van der Waals surface area contributed by atoms with Gasteiger partial charge in [0.25, 0.3) is 0 Å². The van der Waals surface area contributed by atoms with E-state index < -0.39 is 0 Å². The van der Waals surface area contributed by atoms with Crippen molar-refractivity contribution >= 4 is 45.4 Å². The van der Waals surface area contributed by atoms with Gasteiger partial charge in [0.1, 0.15) is 5.01 Å². The molecule has 3 aromatic rings. The van der Waals surface area contributed by atoms with E-state index in [9.17, 15) is 0 Å². The van der Waals surface area contributed by atoms with Crippen LogP contribution < -0.4 is 0 Å². The largest absolute Gasteiger partial charge is 0.341 e. The average molecular weight is 283 g/mol. The van der Waals surface area contributed by atoms with E-state index in [2.05, 4.69) is 9.55 Å². The van der Waals surface area contributed by atoms with Gasteiger partial charge >= 0.3 is 0 Å². The van der Waals surface area contributed by atoms with E-state index in [-0.39, 0.29) is 0 Å². The van der Waals surface area contributed by atoms with Gasteiger partial charge in [-0.3, -0.25) is 0 Å². The van der Waals surface area contributed by atoms with Crippen LogP contribution >= 0.6 is 34.5 Å². The third-order valence-electron chi connectivity index (χ3n) is 2.59. The molecule has 0 spiro atoms. The fourth-order valence-electron chi connectivity index (χ4n) is 1.83. The van der Waals surface area contributed by atoms with Crippen LogP contribution in [0.3, 0.4) is 0 Å². The van der Waals surface area contributed by atoms with Gasteiger partial charge < -0.3 is 4.57 Å². The van der Waals surface area contributed by atoms with Gasteiger partial charge in [-0.2, -0.15) is 0 Å². The first-order valence-electron chi connectivity index (χ1n) is 5.06. The van der Waals surface area contributed by atoms with Crippen LogP contribution in [0.4, 0.5) is 0 Å². The first-order chi connectivity index (χ1) is 8.24. The lowest BCUT2D eigenvalue weighted by molar-refractivity contribution is 0.828. The highest BCUT2D eigenvalue weighted by Crippen LogP contribution is 2.29. The summed E-state index contributed by atoms with van der Waals surface area (Å²) < 4.78 is 2.10. The van der Waals surface area contributed by atoms with E-state index in [4.69, 9.17) is 23.2 Å². The van der Waals surface area contributed by atoms with E-state index >= 15 is 0 Å². The van der Waals surface area contributed by atoms with Gasteiger partial charge in [-0.25, -0.2) is 4.98 Å². The van der Waals surface area contributed by atoms with Crippen molar-refractivity contribution in [1.29, 1.82) is 0 Å². The topological polar surface area (TPSA) is 17.8 Å². The molecule has 0 amide bonds. The fraction of sp³-hybridized carbons (Fsp3) is 0.0833. The molecule has 2 aromatic heterocycles. The molecule has 0 radical (unpaired) electrons. The lowest BCUT2D eigenvalue weighted by atomic mass is 10.2. The number of aromatic nitrogens is 2. The van der Waals surface area contributed by atoms with Crippen molar-refractivity contribution in [2.24, 2.45) is 0 Å². The Morgan fingerprint density at radius 2 is 2.18 bits per heavy atom. The van der Waals surface area contributed by atoms with Gasteiger partial charge in [-0.05, 0) is 18.2 Å². The van der Waals surface area contributed by atoms with Gasteiger partial charge in [0, 0.05) is 28.2 Å². The summed E-state index contributed by atoms with van der Waals surface area (Å²) in [4.78, 5) is 4.27. The van der Waals surface area contributed by atoms with Crippen LogP contribution in [0, 0.1) is 0 Å². The lowest BCUT2D eigenvalue weighted by Gasteiger charge is -2.03. The molecule has 86 valence electrons. The van der Waals surface area contributed by atoms with Crippen molar-refractivity contribution < 1.29 is 0 Å². The molecular formula is C12H8Cl2N2S. The summed E-state index contributed by atoms with van der Waals surface area (Å²) in [5, 5.41) is 5.40. The molecule has 2 nitrogen and oxygen atoms in total. The van der Waals surface area contributed by atoms with E-state index in [1.165, 1.54) is 0 Å². The Labute approximate surface area is 112 Å². The van der Waals surface area contributed by atoms with Crippen molar-refractivity contribution in [3.8, 4) is 0 Å². The molecular weight excluding hydrogens is 275 g/mol. The minimum atomic E-state index is 0.654. The van der Waals surface area contributed by atoms with Crippen molar-refractivity contribution in [2.45, 2.75) is 6.54 Å². The summed E-state index contributed by atoms with van der Waals surface area (Å²) in [6.07, 6.45) is 3.82. The Kier molecular flexibility index (Phi) is 2.82. The third kappa shape index (κ3) is 2.06.